The van der Waals surface area contributed by atoms with E-state index in [2.05, 4.69) is 24.0 Å². The molecule has 0 saturated heterocycles. The Morgan fingerprint density at radius 1 is 0.878 bits per heavy atom. The number of aryl methyl sites for hydroxylation is 2. The summed E-state index contributed by atoms with van der Waals surface area (Å²) in [5.41, 5.74) is 8.53. The highest BCUT2D eigenvalue weighted by atomic mass is 32.2. The number of nitrogens with zero attached hydrogens (tertiary/aromatic N) is 2. The predicted octanol–water partition coefficient (Wildman–Crippen LogP) is 8.60. The number of alkyl halides is 6. The zero-order chi connectivity index (χ0) is 29.6. The summed E-state index contributed by atoms with van der Waals surface area (Å²) < 4.78 is 82.3. The fourth-order valence-electron chi connectivity index (χ4n) is 6.80. The van der Waals surface area contributed by atoms with Gasteiger partial charge in [0.1, 0.15) is 36.1 Å². The Kier molecular flexibility index (Phi) is 8.38. The number of anilines is 1. The Morgan fingerprint density at radius 2 is 1.49 bits per heavy atom. The molecule has 0 aromatic heterocycles. The van der Waals surface area contributed by atoms with Gasteiger partial charge >= 0.3 is 12.4 Å². The third-order valence-electron chi connectivity index (χ3n) is 8.94. The van der Waals surface area contributed by atoms with E-state index in [0.717, 1.165) is 55.7 Å². The molecule has 1 saturated carbocycles. The summed E-state index contributed by atoms with van der Waals surface area (Å²) in [5.74, 6) is 0.627. The molecule has 2 N–H and O–H groups in total. The van der Waals surface area contributed by atoms with E-state index >= 15 is 0 Å². The number of fused-ring (bicyclic) bond motifs is 1. The molecule has 5 rings (SSSR count). The molecule has 224 valence electrons. The lowest BCUT2D eigenvalue weighted by molar-refractivity contribution is -0.837. The van der Waals surface area contributed by atoms with Gasteiger partial charge in [-0.25, -0.2) is 3.89 Å². The standard InChI is InChI=1S/C31H38F6N3S/c1-3-39(17-21-7-4-5-8-21)28-15-24-10-6-9-23(24)14-25(28)19-40(20(2)11-29(38)41-40)18-22-12-26(30(32,33)34)16-27(13-22)31(35,36)37/h11-16,20-21H,3-10,17-19,38H2,1-2H3/q+1. The first-order valence-electron chi connectivity index (χ1n) is 14.5. The molecule has 2 aromatic rings. The largest absolute Gasteiger partial charge is 0.416 e. The Hall–Kier alpha value is -2.33. The lowest BCUT2D eigenvalue weighted by atomic mass is 9.99. The zero-order valence-corrected chi connectivity index (χ0v) is 24.4. The van der Waals surface area contributed by atoms with E-state index in [0.29, 0.717) is 17.5 Å². The number of hydrogen-bond donors (Lipinski definition) is 1. The van der Waals surface area contributed by atoms with E-state index in [9.17, 15) is 26.3 Å². The first kappa shape index (κ1) is 30.1. The summed E-state index contributed by atoms with van der Waals surface area (Å²) >= 11 is 1.33. The molecule has 0 spiro atoms. The molecule has 2 unspecified atom stereocenters. The molecule has 41 heavy (non-hydrogen) atoms. The summed E-state index contributed by atoms with van der Waals surface area (Å²) in [6, 6.07) is 6.24. The van der Waals surface area contributed by atoms with E-state index in [-0.39, 0.29) is 28.1 Å². The maximum atomic E-state index is 13.7. The van der Waals surface area contributed by atoms with Gasteiger partial charge in [0.2, 0.25) is 0 Å². The van der Waals surface area contributed by atoms with Crippen molar-refractivity contribution in [2.24, 2.45) is 11.7 Å². The van der Waals surface area contributed by atoms with E-state index in [4.69, 9.17) is 5.73 Å². The maximum absolute atomic E-state index is 13.7. The second-order valence-electron chi connectivity index (χ2n) is 11.9. The first-order valence-corrected chi connectivity index (χ1v) is 15.3. The summed E-state index contributed by atoms with van der Waals surface area (Å²) in [6.45, 7) is 6.27. The van der Waals surface area contributed by atoms with Crippen LogP contribution in [0.15, 0.2) is 41.4 Å². The van der Waals surface area contributed by atoms with Crippen LogP contribution in [-0.4, -0.2) is 23.0 Å². The number of nitrogens with two attached hydrogens (primary N) is 1. The van der Waals surface area contributed by atoms with Crippen LogP contribution in [0.25, 0.3) is 0 Å². The molecule has 3 aliphatic rings. The average Bonchev–Trinajstić information content (AvgIpc) is 3.62. The van der Waals surface area contributed by atoms with Crippen molar-refractivity contribution in [3.05, 3.63) is 74.8 Å². The molecule has 0 bridgehead atoms. The second kappa shape index (κ2) is 11.4. The van der Waals surface area contributed by atoms with Crippen molar-refractivity contribution in [2.75, 3.05) is 18.0 Å². The van der Waals surface area contributed by atoms with Crippen LogP contribution in [-0.2, 0) is 38.3 Å². The maximum Gasteiger partial charge on any atom is 0.416 e. The minimum atomic E-state index is -4.89. The quantitative estimate of drug-likeness (QED) is 0.188. The second-order valence-corrected chi connectivity index (χ2v) is 13.3. The molecule has 1 fully saturated rings. The topological polar surface area (TPSA) is 29.3 Å². The van der Waals surface area contributed by atoms with Gasteiger partial charge in [-0.1, -0.05) is 12.8 Å². The molecule has 10 heteroatoms. The highest BCUT2D eigenvalue weighted by Gasteiger charge is 2.44. The van der Waals surface area contributed by atoms with Gasteiger partial charge in [-0.15, -0.1) is 0 Å². The zero-order valence-electron chi connectivity index (χ0n) is 23.5. The minimum absolute atomic E-state index is 0.00406. The van der Waals surface area contributed by atoms with Crippen molar-refractivity contribution in [1.82, 2.24) is 0 Å². The van der Waals surface area contributed by atoms with Crippen molar-refractivity contribution in [1.29, 1.82) is 0 Å². The number of halogens is 6. The Balaban J connectivity index is 1.56. The summed E-state index contributed by atoms with van der Waals surface area (Å²) in [5, 5.41) is 0.529. The van der Waals surface area contributed by atoms with Gasteiger partial charge in [-0.3, -0.25) is 0 Å². The van der Waals surface area contributed by atoms with Crippen LogP contribution in [0, 0.1) is 5.92 Å². The van der Waals surface area contributed by atoms with Crippen molar-refractivity contribution in [2.45, 2.75) is 90.3 Å². The predicted molar refractivity (Wildman–Crippen MR) is 152 cm³/mol. The Morgan fingerprint density at radius 3 is 2.02 bits per heavy atom. The van der Waals surface area contributed by atoms with Crippen LogP contribution in [0.4, 0.5) is 32.0 Å². The Labute approximate surface area is 242 Å². The van der Waals surface area contributed by atoms with Gasteiger partial charge < -0.3 is 10.6 Å². The highest BCUT2D eigenvalue weighted by molar-refractivity contribution is 7.97. The van der Waals surface area contributed by atoms with Crippen LogP contribution in [0.2, 0.25) is 0 Å². The normalized spacial score (nSPS) is 23.2. The number of quaternary nitrogens is 1. The van der Waals surface area contributed by atoms with Gasteiger partial charge in [0.05, 0.1) is 11.1 Å². The van der Waals surface area contributed by atoms with E-state index in [1.54, 1.807) is 0 Å². The van der Waals surface area contributed by atoms with Crippen molar-refractivity contribution < 1.29 is 30.2 Å². The van der Waals surface area contributed by atoms with Crippen molar-refractivity contribution in [3.8, 4) is 0 Å². The number of benzene rings is 2. The highest BCUT2D eigenvalue weighted by Crippen LogP contribution is 2.46. The summed E-state index contributed by atoms with van der Waals surface area (Å²) in [4.78, 5) is 2.43. The number of hydrogen-bond acceptors (Lipinski definition) is 3. The lowest BCUT2D eigenvalue weighted by Gasteiger charge is -2.38. The lowest BCUT2D eigenvalue weighted by Crippen LogP contribution is -2.44. The molecular formula is C31H38F6N3S+. The first-order chi connectivity index (χ1) is 19.3. The van der Waals surface area contributed by atoms with Crippen LogP contribution in [0.3, 0.4) is 0 Å². The molecule has 2 atom stereocenters. The monoisotopic (exact) mass is 598 g/mol. The van der Waals surface area contributed by atoms with Crippen LogP contribution >= 0.6 is 11.9 Å². The number of rotatable bonds is 8. The molecule has 1 heterocycles. The fraction of sp³-hybridized carbons (Fsp3) is 0.548. The molecule has 0 amide bonds. The van der Waals surface area contributed by atoms with Gasteiger partial charge in [0.15, 0.2) is 0 Å². The van der Waals surface area contributed by atoms with Gasteiger partial charge in [-0.05, 0) is 93.3 Å². The SMILES string of the molecule is CCN(CC1CCCC1)c1cc2c(cc1C[N+]1(Cc3cc(C(F)(F)F)cc(C(F)(F)F)c3)SC(N)=CC1C)CCC2. The molecule has 2 aromatic carbocycles. The molecule has 3 nitrogen and oxygen atoms in total. The van der Waals surface area contributed by atoms with Crippen molar-refractivity contribution in [3.63, 3.8) is 0 Å². The van der Waals surface area contributed by atoms with E-state index in [1.165, 1.54) is 48.8 Å². The van der Waals surface area contributed by atoms with Gasteiger partial charge in [0, 0.05) is 36.0 Å². The molecule has 1 aliphatic heterocycles. The van der Waals surface area contributed by atoms with Crippen LogP contribution in [0.5, 0.6) is 0 Å². The average molecular weight is 599 g/mol. The molecule has 0 radical (unpaired) electrons. The summed E-state index contributed by atoms with van der Waals surface area (Å²) in [7, 11) is 0. The smallest absolute Gasteiger partial charge is 0.389 e. The summed E-state index contributed by atoms with van der Waals surface area (Å²) in [6.07, 6.45) is 0.0701. The third kappa shape index (κ3) is 6.53. The van der Waals surface area contributed by atoms with Crippen LogP contribution < -0.4 is 10.6 Å². The van der Waals surface area contributed by atoms with Gasteiger partial charge in [0.25, 0.3) is 0 Å². The van der Waals surface area contributed by atoms with E-state index in [1.807, 2.05) is 13.0 Å². The van der Waals surface area contributed by atoms with Crippen molar-refractivity contribution >= 4 is 17.6 Å². The molecule has 2 aliphatic carbocycles. The fourth-order valence-corrected chi connectivity index (χ4v) is 8.12. The van der Waals surface area contributed by atoms with E-state index < -0.39 is 23.5 Å². The third-order valence-corrected chi connectivity index (χ3v) is 10.2. The molecular weight excluding hydrogens is 560 g/mol. The van der Waals surface area contributed by atoms with Gasteiger partial charge in [-0.2, -0.15) is 26.3 Å². The Bertz CT molecular complexity index is 1270. The van der Waals surface area contributed by atoms with Crippen LogP contribution in [0.1, 0.15) is 79.3 Å². The minimum Gasteiger partial charge on any atom is -0.389 e.